The number of alkyl halides is 3. The van der Waals surface area contributed by atoms with Gasteiger partial charge in [0, 0.05) is 23.7 Å². The maximum atomic E-state index is 13.3. The zero-order chi connectivity index (χ0) is 20.9. The van der Waals surface area contributed by atoms with Crippen LogP contribution in [0.5, 0.6) is 5.75 Å². The van der Waals surface area contributed by atoms with Gasteiger partial charge in [-0.2, -0.15) is 13.2 Å². The summed E-state index contributed by atoms with van der Waals surface area (Å²) in [4.78, 5) is 26.1. The van der Waals surface area contributed by atoms with E-state index in [1.54, 1.807) is 0 Å². The number of halogens is 5. The number of ether oxygens (including phenoxy) is 2. The van der Waals surface area contributed by atoms with E-state index in [0.717, 1.165) is 6.08 Å². The minimum atomic E-state index is -4.89. The third-order valence-electron chi connectivity index (χ3n) is 3.39. The molecule has 0 aliphatic carbocycles. The van der Waals surface area contributed by atoms with Crippen molar-refractivity contribution >= 4 is 35.2 Å². The van der Waals surface area contributed by atoms with Crippen molar-refractivity contribution in [2.45, 2.75) is 12.3 Å². The Balaban J connectivity index is 2.04. The fourth-order valence-corrected chi connectivity index (χ4v) is 2.82. The number of nitrogens with one attached hydrogen (secondary N) is 1. The van der Waals surface area contributed by atoms with Crippen LogP contribution >= 0.6 is 23.2 Å². The van der Waals surface area contributed by atoms with Crippen LogP contribution in [0, 0.1) is 10.1 Å². The summed E-state index contributed by atoms with van der Waals surface area (Å²) in [6.07, 6.45) is -6.47. The van der Waals surface area contributed by atoms with E-state index in [2.05, 4.69) is 10.2 Å². The summed E-state index contributed by atoms with van der Waals surface area (Å²) >= 11 is 11.7. The molecule has 28 heavy (non-hydrogen) atoms. The Bertz CT molecular complexity index is 788. The summed E-state index contributed by atoms with van der Waals surface area (Å²) in [5, 5.41) is 11.7. The number of carbonyl (C=O) groups excluding carboxylic acids is 1. The molecule has 0 amide bonds. The van der Waals surface area contributed by atoms with Crippen LogP contribution in [0.15, 0.2) is 17.7 Å². The number of rotatable bonds is 8. The SMILES string of the molecule is O=C(OCCNCCO[N+](=O)[O-])C1=Cc2cc(Cl)cc(Cl)c2OC1C(F)(F)F. The van der Waals surface area contributed by atoms with Gasteiger partial charge in [0.05, 0.1) is 10.6 Å². The number of nitrogens with zero attached hydrogens (tertiary/aromatic N) is 1. The highest BCUT2D eigenvalue weighted by Crippen LogP contribution is 2.42. The average molecular weight is 445 g/mol. The van der Waals surface area contributed by atoms with E-state index in [1.807, 2.05) is 0 Å². The molecule has 1 atom stereocenters. The van der Waals surface area contributed by atoms with E-state index in [9.17, 15) is 28.1 Å². The highest BCUT2D eigenvalue weighted by atomic mass is 35.5. The van der Waals surface area contributed by atoms with Gasteiger partial charge < -0.3 is 19.6 Å². The van der Waals surface area contributed by atoms with Crippen LogP contribution < -0.4 is 10.1 Å². The minimum Gasteiger partial charge on any atom is -0.474 e. The van der Waals surface area contributed by atoms with Gasteiger partial charge in [0.25, 0.3) is 5.09 Å². The molecule has 8 nitrogen and oxygen atoms in total. The second kappa shape index (κ2) is 9.30. The largest absolute Gasteiger partial charge is 0.474 e. The number of esters is 1. The Morgan fingerprint density at radius 3 is 2.61 bits per heavy atom. The van der Waals surface area contributed by atoms with Crippen molar-refractivity contribution in [2.75, 3.05) is 26.3 Å². The van der Waals surface area contributed by atoms with Crippen LogP contribution in [0.4, 0.5) is 13.2 Å². The molecule has 1 N–H and O–H groups in total. The molecule has 1 aliphatic rings. The number of fused-ring (bicyclic) bond motifs is 1. The molecule has 2 rings (SSSR count). The number of hydrogen-bond donors (Lipinski definition) is 1. The van der Waals surface area contributed by atoms with Crippen molar-refractivity contribution < 1.29 is 37.4 Å². The summed E-state index contributed by atoms with van der Waals surface area (Å²) in [6, 6.07) is 2.53. The molecule has 1 unspecified atom stereocenters. The monoisotopic (exact) mass is 444 g/mol. The summed E-state index contributed by atoms with van der Waals surface area (Å²) in [6.45, 7) is -0.372. The zero-order valence-corrected chi connectivity index (χ0v) is 15.4. The van der Waals surface area contributed by atoms with E-state index in [0.29, 0.717) is 0 Å². The molecule has 0 aromatic heterocycles. The maximum absolute atomic E-state index is 13.3. The highest BCUT2D eigenvalue weighted by molar-refractivity contribution is 6.36. The average Bonchev–Trinajstić information content (AvgIpc) is 2.58. The van der Waals surface area contributed by atoms with Gasteiger partial charge in [-0.15, -0.1) is 10.1 Å². The minimum absolute atomic E-state index is 0.0475. The normalized spacial score (nSPS) is 15.9. The first-order valence-electron chi connectivity index (χ1n) is 7.68. The second-order valence-corrected chi connectivity index (χ2v) is 6.23. The van der Waals surface area contributed by atoms with Crippen molar-refractivity contribution in [1.29, 1.82) is 0 Å². The van der Waals surface area contributed by atoms with Crippen LogP contribution in [0.2, 0.25) is 10.0 Å². The topological polar surface area (TPSA) is 99.9 Å². The second-order valence-electron chi connectivity index (χ2n) is 5.39. The Morgan fingerprint density at radius 1 is 1.29 bits per heavy atom. The Kier molecular flexibility index (Phi) is 7.33. The van der Waals surface area contributed by atoms with Crippen molar-refractivity contribution in [3.8, 4) is 5.75 Å². The molecule has 1 aliphatic heterocycles. The Morgan fingerprint density at radius 2 is 1.96 bits per heavy atom. The number of benzene rings is 1. The van der Waals surface area contributed by atoms with E-state index in [1.165, 1.54) is 12.1 Å². The van der Waals surface area contributed by atoms with Crippen molar-refractivity contribution in [3.63, 3.8) is 0 Å². The molecule has 0 saturated heterocycles. The first-order valence-corrected chi connectivity index (χ1v) is 8.44. The molecule has 0 radical (unpaired) electrons. The molecular weight excluding hydrogens is 432 g/mol. The molecule has 0 spiro atoms. The van der Waals surface area contributed by atoms with E-state index < -0.39 is 28.9 Å². The van der Waals surface area contributed by atoms with Crippen LogP contribution in [0.25, 0.3) is 6.08 Å². The van der Waals surface area contributed by atoms with E-state index in [-0.39, 0.29) is 47.7 Å². The lowest BCUT2D eigenvalue weighted by molar-refractivity contribution is -0.757. The molecule has 13 heteroatoms. The van der Waals surface area contributed by atoms with Crippen LogP contribution in [0.1, 0.15) is 5.56 Å². The van der Waals surface area contributed by atoms with E-state index >= 15 is 0 Å². The van der Waals surface area contributed by atoms with Gasteiger partial charge in [-0.05, 0) is 18.2 Å². The zero-order valence-electron chi connectivity index (χ0n) is 13.9. The lowest BCUT2D eigenvalue weighted by Crippen LogP contribution is -2.41. The van der Waals surface area contributed by atoms with Crippen molar-refractivity contribution in [3.05, 3.63) is 43.4 Å². The van der Waals surface area contributed by atoms with Gasteiger partial charge in [-0.1, -0.05) is 23.2 Å². The predicted octanol–water partition coefficient (Wildman–Crippen LogP) is 3.04. The smallest absolute Gasteiger partial charge is 0.430 e. The van der Waals surface area contributed by atoms with Gasteiger partial charge >= 0.3 is 12.1 Å². The Hall–Kier alpha value is -2.24. The molecule has 1 aromatic rings. The first-order chi connectivity index (χ1) is 13.1. The molecule has 1 aromatic carbocycles. The lowest BCUT2D eigenvalue weighted by atomic mass is 10.0. The summed E-state index contributed by atoms with van der Waals surface area (Å²) in [7, 11) is 0. The predicted molar refractivity (Wildman–Crippen MR) is 91.7 cm³/mol. The highest BCUT2D eigenvalue weighted by Gasteiger charge is 2.49. The van der Waals surface area contributed by atoms with Gasteiger partial charge in [0.2, 0.25) is 6.10 Å². The summed E-state index contributed by atoms with van der Waals surface area (Å²) in [5.74, 6) is -1.47. The van der Waals surface area contributed by atoms with Gasteiger partial charge in [0.1, 0.15) is 19.0 Å². The van der Waals surface area contributed by atoms with E-state index in [4.69, 9.17) is 32.7 Å². The lowest BCUT2D eigenvalue weighted by Gasteiger charge is -2.28. The van der Waals surface area contributed by atoms with Crippen molar-refractivity contribution in [1.82, 2.24) is 5.32 Å². The number of hydrogen-bond acceptors (Lipinski definition) is 7. The van der Waals surface area contributed by atoms with Crippen molar-refractivity contribution in [2.24, 2.45) is 0 Å². The molecule has 0 fully saturated rings. The first kappa shape index (κ1) is 22.1. The Labute approximate surface area is 166 Å². The molecule has 0 bridgehead atoms. The van der Waals surface area contributed by atoms with Crippen LogP contribution in [-0.4, -0.2) is 49.6 Å². The molecule has 0 saturated carbocycles. The maximum Gasteiger partial charge on any atom is 0.430 e. The third-order valence-corrected chi connectivity index (χ3v) is 3.89. The van der Waals surface area contributed by atoms with Crippen LogP contribution in [0.3, 0.4) is 0 Å². The molecular formula is C15H13Cl2F3N2O6. The van der Waals surface area contributed by atoms with Crippen LogP contribution in [-0.2, 0) is 14.4 Å². The van der Waals surface area contributed by atoms with Gasteiger partial charge in [-0.25, -0.2) is 4.79 Å². The fourth-order valence-electron chi connectivity index (χ4n) is 2.26. The number of carbonyl (C=O) groups is 1. The van der Waals surface area contributed by atoms with Gasteiger partial charge in [0.15, 0.2) is 0 Å². The summed E-state index contributed by atoms with van der Waals surface area (Å²) < 4.78 is 49.7. The molecule has 154 valence electrons. The standard InChI is InChI=1S/C15H13Cl2F3N2O6/c16-9-5-8-6-10(13(15(18,19)20)28-12(8)11(17)7-9)14(23)26-3-1-21-2-4-27-22(24)25/h5-7,13,21H,1-4H2. The quantitative estimate of drug-likeness (QED) is 0.284. The summed E-state index contributed by atoms with van der Waals surface area (Å²) in [5.41, 5.74) is -0.643. The third kappa shape index (κ3) is 5.88. The fraction of sp³-hybridized carbons (Fsp3) is 0.400. The molecule has 1 heterocycles. The van der Waals surface area contributed by atoms with Gasteiger partial charge in [-0.3, -0.25) is 0 Å².